The van der Waals surface area contributed by atoms with E-state index in [9.17, 15) is 4.79 Å². The highest BCUT2D eigenvalue weighted by molar-refractivity contribution is 9.10. The first-order valence-electron chi connectivity index (χ1n) is 5.54. The maximum Gasteiger partial charge on any atom is 0.323 e. The zero-order chi connectivity index (χ0) is 14.7. The molecule has 0 spiro atoms. The highest BCUT2D eigenvalue weighted by atomic mass is 79.9. The van der Waals surface area contributed by atoms with E-state index in [-0.39, 0.29) is 0 Å². The molecule has 0 saturated carbocycles. The molecule has 0 aromatic heterocycles. The number of carbonyl (C=O) groups is 1. The topological polar surface area (TPSA) is 67.1 Å². The average Bonchev–Trinajstić information content (AvgIpc) is 2.37. The maximum atomic E-state index is 11.8. The summed E-state index contributed by atoms with van der Waals surface area (Å²) in [5.41, 5.74) is 7.31. The van der Waals surface area contributed by atoms with Crippen LogP contribution in [0.5, 0.6) is 0 Å². The number of nitrogens with two attached hydrogens (primary N) is 1. The molecular formula is C13H10BrCl2N3O. The largest absolute Gasteiger partial charge is 0.397 e. The van der Waals surface area contributed by atoms with E-state index in [0.717, 1.165) is 4.47 Å². The van der Waals surface area contributed by atoms with Gasteiger partial charge >= 0.3 is 6.03 Å². The van der Waals surface area contributed by atoms with Gasteiger partial charge in [-0.1, -0.05) is 39.1 Å². The summed E-state index contributed by atoms with van der Waals surface area (Å²) in [5, 5.41) is 6.08. The predicted octanol–water partition coefficient (Wildman–Crippen LogP) is 4.98. The number of carbonyl (C=O) groups excluding carboxylic acids is 1. The Labute approximate surface area is 134 Å². The molecule has 104 valence electrons. The first-order valence-corrected chi connectivity index (χ1v) is 7.08. The third-order valence-corrected chi connectivity index (χ3v) is 3.67. The SMILES string of the molecule is Nc1cc(Br)ccc1NC(=O)Nc1ccc(Cl)c(Cl)c1. The summed E-state index contributed by atoms with van der Waals surface area (Å²) in [6.07, 6.45) is 0. The number of rotatable bonds is 2. The van der Waals surface area contributed by atoms with Crippen LogP contribution in [0.3, 0.4) is 0 Å². The second-order valence-electron chi connectivity index (χ2n) is 3.94. The summed E-state index contributed by atoms with van der Waals surface area (Å²) in [5.74, 6) is 0. The van der Waals surface area contributed by atoms with E-state index in [1.54, 1.807) is 36.4 Å². The van der Waals surface area contributed by atoms with Gasteiger partial charge in [-0.3, -0.25) is 0 Å². The van der Waals surface area contributed by atoms with Crippen molar-refractivity contribution in [1.82, 2.24) is 0 Å². The molecule has 20 heavy (non-hydrogen) atoms. The second kappa shape index (κ2) is 6.35. The molecule has 0 bridgehead atoms. The Balaban J connectivity index is 2.07. The molecule has 2 amide bonds. The van der Waals surface area contributed by atoms with Crippen molar-refractivity contribution in [3.8, 4) is 0 Å². The number of hydrogen-bond acceptors (Lipinski definition) is 2. The number of nitrogen functional groups attached to an aromatic ring is 1. The van der Waals surface area contributed by atoms with Crippen molar-refractivity contribution in [3.63, 3.8) is 0 Å². The minimum Gasteiger partial charge on any atom is -0.397 e. The molecule has 4 nitrogen and oxygen atoms in total. The fraction of sp³-hybridized carbons (Fsp3) is 0. The molecule has 0 aliphatic heterocycles. The summed E-state index contributed by atoms with van der Waals surface area (Å²) in [6, 6.07) is 9.59. The van der Waals surface area contributed by atoms with Crippen molar-refractivity contribution in [2.45, 2.75) is 0 Å². The Bertz CT molecular complexity index is 664. The van der Waals surface area contributed by atoms with Gasteiger partial charge in [-0.2, -0.15) is 0 Å². The second-order valence-corrected chi connectivity index (χ2v) is 5.67. The van der Waals surface area contributed by atoms with Gasteiger partial charge in [-0.25, -0.2) is 4.79 Å². The molecule has 0 aliphatic carbocycles. The third-order valence-electron chi connectivity index (χ3n) is 2.44. The summed E-state index contributed by atoms with van der Waals surface area (Å²) < 4.78 is 0.838. The van der Waals surface area contributed by atoms with Crippen LogP contribution in [-0.2, 0) is 0 Å². The number of urea groups is 1. The summed E-state index contributed by atoms with van der Waals surface area (Å²) >= 11 is 15.0. The lowest BCUT2D eigenvalue weighted by molar-refractivity contribution is 0.262. The highest BCUT2D eigenvalue weighted by Gasteiger charge is 2.07. The van der Waals surface area contributed by atoms with Crippen LogP contribution in [0, 0.1) is 0 Å². The molecule has 0 saturated heterocycles. The van der Waals surface area contributed by atoms with Crippen molar-refractivity contribution in [3.05, 3.63) is 50.9 Å². The predicted molar refractivity (Wildman–Crippen MR) is 87.7 cm³/mol. The molecule has 7 heteroatoms. The Morgan fingerprint density at radius 1 is 1.05 bits per heavy atom. The zero-order valence-electron chi connectivity index (χ0n) is 10.1. The number of benzene rings is 2. The minimum atomic E-state index is -0.419. The first-order chi connectivity index (χ1) is 9.45. The Kier molecular flexibility index (Phi) is 4.75. The van der Waals surface area contributed by atoms with Crippen molar-refractivity contribution in [2.75, 3.05) is 16.4 Å². The van der Waals surface area contributed by atoms with E-state index in [1.807, 2.05) is 0 Å². The van der Waals surface area contributed by atoms with Gasteiger partial charge in [0.15, 0.2) is 0 Å². The number of hydrogen-bond donors (Lipinski definition) is 3. The van der Waals surface area contributed by atoms with E-state index in [0.29, 0.717) is 27.1 Å². The van der Waals surface area contributed by atoms with E-state index in [2.05, 4.69) is 26.6 Å². The van der Waals surface area contributed by atoms with Crippen molar-refractivity contribution < 1.29 is 4.79 Å². The monoisotopic (exact) mass is 373 g/mol. The highest BCUT2D eigenvalue weighted by Crippen LogP contribution is 2.26. The first kappa shape index (κ1) is 15.0. The summed E-state index contributed by atoms with van der Waals surface area (Å²) in [7, 11) is 0. The zero-order valence-corrected chi connectivity index (χ0v) is 13.2. The van der Waals surface area contributed by atoms with Crippen LogP contribution in [0.1, 0.15) is 0 Å². The van der Waals surface area contributed by atoms with Gasteiger partial charge in [0.25, 0.3) is 0 Å². The molecule has 2 aromatic carbocycles. The summed E-state index contributed by atoms with van der Waals surface area (Å²) in [4.78, 5) is 11.8. The smallest absolute Gasteiger partial charge is 0.323 e. The lowest BCUT2D eigenvalue weighted by atomic mass is 10.3. The van der Waals surface area contributed by atoms with Crippen molar-refractivity contribution >= 4 is 62.2 Å². The van der Waals surface area contributed by atoms with Crippen LogP contribution in [0.15, 0.2) is 40.9 Å². The fourth-order valence-electron chi connectivity index (χ4n) is 1.51. The van der Waals surface area contributed by atoms with Gasteiger partial charge < -0.3 is 16.4 Å². The number of anilines is 3. The van der Waals surface area contributed by atoms with Crippen LogP contribution in [0.25, 0.3) is 0 Å². The minimum absolute atomic E-state index is 0.368. The van der Waals surface area contributed by atoms with Gasteiger partial charge in [0.05, 0.1) is 21.4 Å². The molecule has 2 rings (SSSR count). The van der Waals surface area contributed by atoms with Crippen LogP contribution < -0.4 is 16.4 Å². The Morgan fingerprint density at radius 2 is 1.80 bits per heavy atom. The van der Waals surface area contributed by atoms with Crippen LogP contribution >= 0.6 is 39.1 Å². The molecule has 0 fully saturated rings. The quantitative estimate of drug-likeness (QED) is 0.648. The maximum absolute atomic E-state index is 11.8. The lowest BCUT2D eigenvalue weighted by Crippen LogP contribution is -2.20. The van der Waals surface area contributed by atoms with E-state index in [1.165, 1.54) is 0 Å². The van der Waals surface area contributed by atoms with Gasteiger partial charge in [0.2, 0.25) is 0 Å². The number of amides is 2. The van der Waals surface area contributed by atoms with Crippen LogP contribution in [-0.4, -0.2) is 6.03 Å². The van der Waals surface area contributed by atoms with Crippen molar-refractivity contribution in [2.24, 2.45) is 0 Å². The van der Waals surface area contributed by atoms with Crippen molar-refractivity contribution in [1.29, 1.82) is 0 Å². The van der Waals surface area contributed by atoms with E-state index in [4.69, 9.17) is 28.9 Å². The number of nitrogens with one attached hydrogen (secondary N) is 2. The molecule has 0 heterocycles. The Hall–Kier alpha value is -1.43. The average molecular weight is 375 g/mol. The Morgan fingerprint density at radius 3 is 2.45 bits per heavy atom. The van der Waals surface area contributed by atoms with E-state index < -0.39 is 6.03 Å². The third kappa shape index (κ3) is 3.79. The standard InChI is InChI=1S/C13H10BrCl2N3O/c14-7-1-4-12(11(17)5-7)19-13(20)18-8-2-3-9(15)10(16)6-8/h1-6H,17H2,(H2,18,19,20). The van der Waals surface area contributed by atoms with Crippen LogP contribution in [0.4, 0.5) is 21.9 Å². The molecule has 0 atom stereocenters. The summed E-state index contributed by atoms with van der Waals surface area (Å²) in [6.45, 7) is 0. The van der Waals surface area contributed by atoms with Gasteiger partial charge in [-0.15, -0.1) is 0 Å². The van der Waals surface area contributed by atoms with Gasteiger partial charge in [0.1, 0.15) is 0 Å². The molecular weight excluding hydrogens is 365 g/mol. The molecule has 2 aromatic rings. The fourth-order valence-corrected chi connectivity index (χ4v) is 2.18. The van der Waals surface area contributed by atoms with E-state index >= 15 is 0 Å². The van der Waals surface area contributed by atoms with Crippen LogP contribution in [0.2, 0.25) is 10.0 Å². The molecule has 0 unspecified atom stereocenters. The van der Waals surface area contributed by atoms with Gasteiger partial charge in [-0.05, 0) is 36.4 Å². The number of halogens is 3. The molecule has 4 N–H and O–H groups in total. The normalized spacial score (nSPS) is 10.2. The van der Waals surface area contributed by atoms with Gasteiger partial charge in [0, 0.05) is 10.2 Å². The lowest BCUT2D eigenvalue weighted by Gasteiger charge is -2.10. The molecule has 0 radical (unpaired) electrons. The molecule has 0 aliphatic rings.